The lowest BCUT2D eigenvalue weighted by atomic mass is 9.96. The van der Waals surface area contributed by atoms with E-state index < -0.39 is 0 Å². The van der Waals surface area contributed by atoms with Crippen molar-refractivity contribution in [2.45, 2.75) is 30.4 Å². The van der Waals surface area contributed by atoms with Gasteiger partial charge in [-0.25, -0.2) is 0 Å². The van der Waals surface area contributed by atoms with Crippen molar-refractivity contribution in [3.8, 4) is 0 Å². The molecule has 2 N–H and O–H groups in total. The van der Waals surface area contributed by atoms with Gasteiger partial charge in [0.2, 0.25) is 0 Å². The van der Waals surface area contributed by atoms with Crippen LogP contribution in [0.4, 0.5) is 0 Å². The first-order valence-electron chi connectivity index (χ1n) is 5.57. The molecule has 4 heteroatoms. The lowest BCUT2D eigenvalue weighted by molar-refractivity contribution is 0.516. The van der Waals surface area contributed by atoms with Crippen LogP contribution in [0.3, 0.4) is 0 Å². The van der Waals surface area contributed by atoms with Gasteiger partial charge in [-0.05, 0) is 37.5 Å². The number of hydrogen-bond donors (Lipinski definition) is 1. The van der Waals surface area contributed by atoms with Crippen LogP contribution in [0.5, 0.6) is 0 Å². The van der Waals surface area contributed by atoms with E-state index >= 15 is 0 Å². The summed E-state index contributed by atoms with van der Waals surface area (Å²) in [6.07, 6.45) is 6.76. The van der Waals surface area contributed by atoms with E-state index in [4.69, 9.17) is 5.73 Å². The van der Waals surface area contributed by atoms with Gasteiger partial charge in [0.15, 0.2) is 0 Å². The Morgan fingerprint density at radius 2 is 2.53 bits per heavy atom. The minimum absolute atomic E-state index is 0.351. The summed E-state index contributed by atoms with van der Waals surface area (Å²) in [6.45, 7) is 0.815. The molecular weight excluding hydrogens is 206 g/mol. The Labute approximate surface area is 95.4 Å². The Kier molecular flexibility index (Phi) is 3.36. The minimum atomic E-state index is 0.351. The molecule has 2 heterocycles. The number of nitrogens with two attached hydrogens (primary N) is 1. The van der Waals surface area contributed by atoms with Crippen molar-refractivity contribution in [2.24, 2.45) is 12.8 Å². The van der Waals surface area contributed by atoms with Crippen LogP contribution < -0.4 is 5.73 Å². The number of nitrogens with zero attached hydrogens (tertiary/aromatic N) is 2. The molecule has 0 amide bonds. The molecule has 15 heavy (non-hydrogen) atoms. The third kappa shape index (κ3) is 2.37. The van der Waals surface area contributed by atoms with Crippen LogP contribution in [0.15, 0.2) is 12.3 Å². The molecule has 1 unspecified atom stereocenters. The maximum atomic E-state index is 5.90. The Balaban J connectivity index is 1.94. The summed E-state index contributed by atoms with van der Waals surface area (Å²) in [5.41, 5.74) is 7.22. The Morgan fingerprint density at radius 3 is 3.07 bits per heavy atom. The van der Waals surface area contributed by atoms with Crippen LogP contribution >= 0.6 is 11.8 Å². The molecule has 0 aliphatic carbocycles. The van der Waals surface area contributed by atoms with Gasteiger partial charge in [-0.1, -0.05) is 0 Å². The van der Waals surface area contributed by atoms with Crippen LogP contribution in [0.2, 0.25) is 0 Å². The Hall–Kier alpha value is -0.480. The van der Waals surface area contributed by atoms with Crippen molar-refractivity contribution < 1.29 is 0 Å². The van der Waals surface area contributed by atoms with Gasteiger partial charge in [0.05, 0.1) is 0 Å². The summed E-state index contributed by atoms with van der Waals surface area (Å²) in [5, 5.41) is 4.19. The first kappa shape index (κ1) is 11.0. The molecule has 1 saturated heterocycles. The fourth-order valence-electron chi connectivity index (χ4n) is 2.22. The third-order valence-corrected chi connectivity index (χ3v) is 5.00. The van der Waals surface area contributed by atoms with Gasteiger partial charge < -0.3 is 5.73 Å². The van der Waals surface area contributed by atoms with Crippen molar-refractivity contribution in [3.05, 3.63) is 18.0 Å². The summed E-state index contributed by atoms with van der Waals surface area (Å²) in [4.78, 5) is 0. The maximum absolute atomic E-state index is 5.90. The van der Waals surface area contributed by atoms with E-state index in [-0.39, 0.29) is 0 Å². The molecule has 1 aliphatic rings. The first-order valence-corrected chi connectivity index (χ1v) is 6.55. The van der Waals surface area contributed by atoms with Crippen molar-refractivity contribution in [2.75, 3.05) is 12.3 Å². The molecular formula is C11H19N3S. The summed E-state index contributed by atoms with van der Waals surface area (Å²) in [7, 11) is 2.01. The summed E-state index contributed by atoms with van der Waals surface area (Å²) in [5.74, 6) is 1.28. The van der Waals surface area contributed by atoms with E-state index in [1.807, 2.05) is 17.9 Å². The van der Waals surface area contributed by atoms with E-state index in [0.29, 0.717) is 4.75 Å². The van der Waals surface area contributed by atoms with Gasteiger partial charge >= 0.3 is 0 Å². The molecule has 1 fully saturated rings. The molecule has 3 nitrogen and oxygen atoms in total. The predicted octanol–water partition coefficient (Wildman–Crippen LogP) is 1.58. The molecule has 84 valence electrons. The number of aromatic nitrogens is 2. The molecule has 0 radical (unpaired) electrons. The van der Waals surface area contributed by atoms with E-state index in [0.717, 1.165) is 13.0 Å². The fourth-order valence-corrected chi connectivity index (χ4v) is 3.59. The molecule has 1 aromatic heterocycles. The van der Waals surface area contributed by atoms with Crippen molar-refractivity contribution in [3.63, 3.8) is 0 Å². The quantitative estimate of drug-likeness (QED) is 0.846. The predicted molar refractivity (Wildman–Crippen MR) is 65.0 cm³/mol. The molecule has 0 saturated carbocycles. The van der Waals surface area contributed by atoms with Gasteiger partial charge in [-0.3, -0.25) is 4.68 Å². The molecule has 0 spiro atoms. The highest BCUT2D eigenvalue weighted by Crippen LogP contribution is 2.40. The van der Waals surface area contributed by atoms with Crippen LogP contribution in [0.25, 0.3) is 0 Å². The number of rotatable bonds is 4. The first-order chi connectivity index (χ1) is 7.26. The zero-order valence-corrected chi connectivity index (χ0v) is 10.1. The fraction of sp³-hybridized carbons (Fsp3) is 0.727. The number of aryl methyl sites for hydroxylation is 2. The van der Waals surface area contributed by atoms with Crippen LogP contribution in [-0.4, -0.2) is 26.8 Å². The van der Waals surface area contributed by atoms with Gasteiger partial charge in [0.25, 0.3) is 0 Å². The number of thioether (sulfide) groups is 1. The Morgan fingerprint density at radius 1 is 1.67 bits per heavy atom. The lowest BCUT2D eigenvalue weighted by Crippen LogP contribution is -2.32. The second kappa shape index (κ2) is 4.58. The van der Waals surface area contributed by atoms with Crippen LogP contribution in [0, 0.1) is 0 Å². The summed E-state index contributed by atoms with van der Waals surface area (Å²) >= 11 is 2.06. The smallest absolute Gasteiger partial charge is 0.0492 e. The van der Waals surface area contributed by atoms with Gasteiger partial charge in [0, 0.05) is 30.2 Å². The lowest BCUT2D eigenvalue weighted by Gasteiger charge is -2.26. The molecule has 2 rings (SSSR count). The average Bonchev–Trinajstić information content (AvgIpc) is 2.85. The van der Waals surface area contributed by atoms with E-state index in [9.17, 15) is 0 Å². The van der Waals surface area contributed by atoms with E-state index in [2.05, 4.69) is 22.9 Å². The van der Waals surface area contributed by atoms with Crippen LogP contribution in [0.1, 0.15) is 25.0 Å². The largest absolute Gasteiger partial charge is 0.329 e. The highest BCUT2D eigenvalue weighted by molar-refractivity contribution is 8.00. The van der Waals surface area contributed by atoms with Gasteiger partial charge in [-0.2, -0.15) is 16.9 Å². The molecule has 1 atom stereocenters. The van der Waals surface area contributed by atoms with Crippen molar-refractivity contribution in [1.29, 1.82) is 0 Å². The monoisotopic (exact) mass is 225 g/mol. The highest BCUT2D eigenvalue weighted by Gasteiger charge is 2.32. The topological polar surface area (TPSA) is 43.8 Å². The van der Waals surface area contributed by atoms with Gasteiger partial charge in [-0.15, -0.1) is 0 Å². The SMILES string of the molecule is Cn1nccc1CCC1(CN)CCCS1. The summed E-state index contributed by atoms with van der Waals surface area (Å²) < 4.78 is 2.31. The Bertz CT molecular complexity index is 315. The average molecular weight is 225 g/mol. The van der Waals surface area contributed by atoms with Gasteiger partial charge in [0.1, 0.15) is 0 Å². The summed E-state index contributed by atoms with van der Waals surface area (Å²) in [6, 6.07) is 2.10. The van der Waals surface area contributed by atoms with E-state index in [1.165, 1.54) is 30.7 Å². The maximum Gasteiger partial charge on any atom is 0.0492 e. The molecule has 0 aromatic carbocycles. The minimum Gasteiger partial charge on any atom is -0.329 e. The van der Waals surface area contributed by atoms with Crippen molar-refractivity contribution in [1.82, 2.24) is 9.78 Å². The van der Waals surface area contributed by atoms with Crippen molar-refractivity contribution >= 4 is 11.8 Å². The second-order valence-electron chi connectivity index (χ2n) is 4.29. The van der Waals surface area contributed by atoms with Crippen LogP contribution in [-0.2, 0) is 13.5 Å². The zero-order valence-electron chi connectivity index (χ0n) is 9.28. The highest BCUT2D eigenvalue weighted by atomic mass is 32.2. The molecule has 1 aliphatic heterocycles. The number of hydrogen-bond acceptors (Lipinski definition) is 3. The zero-order chi connectivity index (χ0) is 10.7. The normalized spacial score (nSPS) is 26.0. The van der Waals surface area contributed by atoms with E-state index in [1.54, 1.807) is 0 Å². The standard InChI is InChI=1S/C11H19N3S/c1-14-10(4-7-13-14)3-6-11(9-12)5-2-8-15-11/h4,7H,2-3,5-6,8-9,12H2,1H3. The second-order valence-corrected chi connectivity index (χ2v) is 5.85. The molecule has 0 bridgehead atoms. The molecule has 1 aromatic rings. The third-order valence-electron chi connectivity index (χ3n) is 3.32.